The molecule has 0 radical (unpaired) electrons. The molecule has 1 amide bonds. The van der Waals surface area contributed by atoms with Gasteiger partial charge in [0.05, 0.1) is 11.1 Å². The zero-order valence-corrected chi connectivity index (χ0v) is 18.9. The first kappa shape index (κ1) is 23.8. The van der Waals surface area contributed by atoms with Crippen LogP contribution in [0.3, 0.4) is 0 Å². The van der Waals surface area contributed by atoms with E-state index in [0.717, 1.165) is 5.56 Å². The first-order chi connectivity index (χ1) is 15.2. The van der Waals surface area contributed by atoms with Crippen LogP contribution in [0.2, 0.25) is 10.0 Å². The van der Waals surface area contributed by atoms with E-state index in [1.54, 1.807) is 50.4 Å². The molecule has 2 aromatic carbocycles. The lowest BCUT2D eigenvalue weighted by molar-refractivity contribution is 0.0924. The lowest BCUT2D eigenvalue weighted by atomic mass is 10.0. The van der Waals surface area contributed by atoms with Crippen LogP contribution in [0.5, 0.6) is 5.75 Å². The maximum absolute atomic E-state index is 13.9. The highest BCUT2D eigenvalue weighted by Crippen LogP contribution is 2.37. The van der Waals surface area contributed by atoms with Crippen molar-refractivity contribution in [1.82, 2.24) is 10.3 Å². The third kappa shape index (κ3) is 5.48. The number of nitrogens with two attached hydrogens (primary N) is 1. The van der Waals surface area contributed by atoms with Crippen LogP contribution in [0.1, 0.15) is 35.9 Å². The van der Waals surface area contributed by atoms with Gasteiger partial charge in [-0.1, -0.05) is 35.3 Å². The van der Waals surface area contributed by atoms with Gasteiger partial charge in [0.25, 0.3) is 5.91 Å². The number of aliphatic hydroxyl groups is 1. The number of hydrogen-bond acceptors (Lipinski definition) is 5. The predicted molar refractivity (Wildman–Crippen MR) is 124 cm³/mol. The molecule has 3 aromatic rings. The summed E-state index contributed by atoms with van der Waals surface area (Å²) in [6, 6.07) is 11.1. The van der Waals surface area contributed by atoms with Crippen molar-refractivity contribution < 1.29 is 19.0 Å². The number of pyridine rings is 1. The van der Waals surface area contributed by atoms with E-state index in [1.807, 2.05) is 0 Å². The second-order valence-corrected chi connectivity index (χ2v) is 8.05. The Morgan fingerprint density at radius 1 is 1.19 bits per heavy atom. The molecular formula is C23H22Cl2FN3O3. The number of amides is 1. The topological polar surface area (TPSA) is 97.5 Å². The summed E-state index contributed by atoms with van der Waals surface area (Å²) in [6.07, 6.45) is 0.263. The Labute approximate surface area is 195 Å². The van der Waals surface area contributed by atoms with E-state index >= 15 is 0 Å². The van der Waals surface area contributed by atoms with E-state index in [2.05, 4.69) is 10.3 Å². The number of carbonyl (C=O) groups excluding carboxylic acids is 1. The number of anilines is 1. The predicted octanol–water partition coefficient (Wildman–Crippen LogP) is 5.03. The highest BCUT2D eigenvalue weighted by atomic mass is 35.5. The van der Waals surface area contributed by atoms with Gasteiger partial charge in [-0.2, -0.15) is 0 Å². The number of halogens is 3. The minimum absolute atomic E-state index is 0.114. The molecule has 0 saturated heterocycles. The number of aromatic nitrogens is 1. The van der Waals surface area contributed by atoms with Gasteiger partial charge in [-0.05, 0) is 49.7 Å². The van der Waals surface area contributed by atoms with Crippen LogP contribution in [0.4, 0.5) is 10.2 Å². The average molecular weight is 478 g/mol. The summed E-state index contributed by atoms with van der Waals surface area (Å²) in [5.41, 5.74) is 8.22. The van der Waals surface area contributed by atoms with E-state index in [1.165, 1.54) is 12.1 Å². The van der Waals surface area contributed by atoms with Gasteiger partial charge in [0, 0.05) is 34.5 Å². The quantitative estimate of drug-likeness (QED) is 0.414. The molecule has 0 spiro atoms. The fraction of sp³-hybridized carbons (Fsp3) is 0.217. The van der Waals surface area contributed by atoms with E-state index in [-0.39, 0.29) is 34.1 Å². The van der Waals surface area contributed by atoms with Crippen LogP contribution < -0.4 is 15.8 Å². The molecule has 32 heavy (non-hydrogen) atoms. The molecule has 0 aliphatic carbocycles. The number of benzene rings is 2. The zero-order valence-electron chi connectivity index (χ0n) is 17.4. The second kappa shape index (κ2) is 10.2. The van der Waals surface area contributed by atoms with Gasteiger partial charge < -0.3 is 20.9 Å². The highest BCUT2D eigenvalue weighted by molar-refractivity contribution is 6.36. The van der Waals surface area contributed by atoms with Crippen LogP contribution in [-0.4, -0.2) is 28.6 Å². The Hall–Kier alpha value is -2.87. The summed E-state index contributed by atoms with van der Waals surface area (Å²) in [6.45, 7) is 3.44. The van der Waals surface area contributed by atoms with Crippen molar-refractivity contribution in [3.63, 3.8) is 0 Å². The summed E-state index contributed by atoms with van der Waals surface area (Å²) in [7, 11) is 0. The van der Waals surface area contributed by atoms with Gasteiger partial charge in [-0.15, -0.1) is 0 Å². The van der Waals surface area contributed by atoms with Crippen molar-refractivity contribution in [3.05, 3.63) is 75.7 Å². The molecule has 4 N–H and O–H groups in total. The van der Waals surface area contributed by atoms with Crippen molar-refractivity contribution in [3.8, 4) is 16.9 Å². The first-order valence-electron chi connectivity index (χ1n) is 9.79. The van der Waals surface area contributed by atoms with Gasteiger partial charge in [-0.3, -0.25) is 4.79 Å². The summed E-state index contributed by atoms with van der Waals surface area (Å²) >= 11 is 12.3. The molecule has 9 heteroatoms. The van der Waals surface area contributed by atoms with Gasteiger partial charge in [0.2, 0.25) is 0 Å². The summed E-state index contributed by atoms with van der Waals surface area (Å²) in [4.78, 5) is 16.3. The normalized spacial score (nSPS) is 12.8. The maximum atomic E-state index is 13.9. The fourth-order valence-electron chi connectivity index (χ4n) is 3.03. The number of nitrogen functional groups attached to an aromatic ring is 1. The van der Waals surface area contributed by atoms with Crippen molar-refractivity contribution in [2.24, 2.45) is 0 Å². The number of hydrogen-bond donors (Lipinski definition) is 3. The van der Waals surface area contributed by atoms with Crippen LogP contribution in [0.15, 0.2) is 48.7 Å². The summed E-state index contributed by atoms with van der Waals surface area (Å²) in [5.74, 6) is -0.447. The second-order valence-electron chi connectivity index (χ2n) is 7.26. The molecule has 0 aliphatic heterocycles. The standard InChI is InChI=1S/C23H22Cl2FN3O3/c1-12(30)10-29-23(31)15-5-3-14(4-6-15)16-9-19(22(27)28-11-16)32-13(2)20-17(24)7-8-18(26)21(20)25/h3-9,11-13,30H,10H2,1-2H3,(H2,27,28)(H,29,31)/t12-,13?/m1/s1. The fourth-order valence-corrected chi connectivity index (χ4v) is 3.71. The summed E-state index contributed by atoms with van der Waals surface area (Å²) < 4.78 is 19.8. The van der Waals surface area contributed by atoms with Crippen molar-refractivity contribution >= 4 is 34.9 Å². The molecule has 2 atom stereocenters. The van der Waals surface area contributed by atoms with Gasteiger partial charge in [0.1, 0.15) is 11.9 Å². The Morgan fingerprint density at radius 2 is 1.88 bits per heavy atom. The lowest BCUT2D eigenvalue weighted by Crippen LogP contribution is -2.30. The van der Waals surface area contributed by atoms with E-state index < -0.39 is 18.0 Å². The molecule has 0 saturated carbocycles. The van der Waals surface area contributed by atoms with Crippen LogP contribution in [0, 0.1) is 5.82 Å². The molecule has 0 fully saturated rings. The maximum Gasteiger partial charge on any atom is 0.251 e. The minimum atomic E-state index is -0.690. The number of nitrogens with one attached hydrogen (secondary N) is 1. The van der Waals surface area contributed by atoms with Crippen LogP contribution in [0.25, 0.3) is 11.1 Å². The number of carbonyl (C=O) groups is 1. The Kier molecular flexibility index (Phi) is 7.56. The van der Waals surface area contributed by atoms with Crippen LogP contribution >= 0.6 is 23.2 Å². The third-order valence-electron chi connectivity index (χ3n) is 4.71. The smallest absolute Gasteiger partial charge is 0.251 e. The molecule has 1 aromatic heterocycles. The molecule has 168 valence electrons. The van der Waals surface area contributed by atoms with E-state index in [0.29, 0.717) is 16.7 Å². The summed E-state index contributed by atoms with van der Waals surface area (Å²) in [5, 5.41) is 12.1. The Balaban J connectivity index is 1.82. The number of aliphatic hydroxyl groups excluding tert-OH is 1. The molecule has 3 rings (SSSR count). The SMILES string of the molecule is CC(Oc1cc(-c2ccc(C(=O)NC[C@@H](C)O)cc2)cnc1N)c1c(Cl)ccc(F)c1Cl. The number of nitrogens with zero attached hydrogens (tertiary/aromatic N) is 1. The van der Waals surface area contributed by atoms with E-state index in [4.69, 9.17) is 33.7 Å². The average Bonchev–Trinajstić information content (AvgIpc) is 2.76. The minimum Gasteiger partial charge on any atom is -0.482 e. The lowest BCUT2D eigenvalue weighted by Gasteiger charge is -2.19. The van der Waals surface area contributed by atoms with Gasteiger partial charge in [0.15, 0.2) is 11.6 Å². The first-order valence-corrected chi connectivity index (χ1v) is 10.5. The molecule has 1 unspecified atom stereocenters. The number of rotatable bonds is 7. The zero-order chi connectivity index (χ0) is 23.4. The monoisotopic (exact) mass is 477 g/mol. The molecule has 0 aliphatic rings. The molecule has 6 nitrogen and oxygen atoms in total. The van der Waals surface area contributed by atoms with E-state index in [9.17, 15) is 14.3 Å². The molecule has 1 heterocycles. The largest absolute Gasteiger partial charge is 0.482 e. The number of ether oxygens (including phenoxy) is 1. The van der Waals surface area contributed by atoms with Crippen molar-refractivity contribution in [2.45, 2.75) is 26.1 Å². The van der Waals surface area contributed by atoms with Gasteiger partial charge >= 0.3 is 0 Å². The third-order valence-corrected chi connectivity index (χ3v) is 5.42. The van der Waals surface area contributed by atoms with Crippen molar-refractivity contribution in [1.29, 1.82) is 0 Å². The highest BCUT2D eigenvalue weighted by Gasteiger charge is 2.20. The van der Waals surface area contributed by atoms with Crippen molar-refractivity contribution in [2.75, 3.05) is 12.3 Å². The Morgan fingerprint density at radius 3 is 2.53 bits per heavy atom. The molecule has 0 bridgehead atoms. The molecular weight excluding hydrogens is 456 g/mol. The van der Waals surface area contributed by atoms with Gasteiger partial charge in [-0.25, -0.2) is 9.37 Å². The Bertz CT molecular complexity index is 1120. The van der Waals surface area contributed by atoms with Crippen LogP contribution in [-0.2, 0) is 0 Å².